The van der Waals surface area contributed by atoms with Crippen molar-refractivity contribution in [2.75, 3.05) is 29.5 Å². The number of para-hydroxylation sites is 1. The van der Waals surface area contributed by atoms with Gasteiger partial charge >= 0.3 is 0 Å². The third-order valence-electron chi connectivity index (χ3n) is 2.94. The van der Waals surface area contributed by atoms with Gasteiger partial charge in [0.15, 0.2) is 0 Å². The second-order valence-electron chi connectivity index (χ2n) is 4.53. The van der Waals surface area contributed by atoms with Gasteiger partial charge < -0.3 is 10.6 Å². The summed E-state index contributed by atoms with van der Waals surface area (Å²) in [5.74, 6) is 2.37. The van der Waals surface area contributed by atoms with E-state index in [1.165, 1.54) is 22.8 Å². The summed E-state index contributed by atoms with van der Waals surface area (Å²) in [7, 11) is 0. The number of rotatable bonds is 3. The van der Waals surface area contributed by atoms with Gasteiger partial charge in [0.2, 0.25) is 0 Å². The maximum Gasteiger partial charge on any atom is 0.0642 e. The molecule has 1 aliphatic heterocycles. The summed E-state index contributed by atoms with van der Waals surface area (Å²) in [6, 6.07) is 6.31. The Bertz CT molecular complexity index is 376. The molecule has 0 bridgehead atoms. The Kier molecular flexibility index (Phi) is 4.60. The van der Waals surface area contributed by atoms with E-state index in [0.717, 1.165) is 24.5 Å². The van der Waals surface area contributed by atoms with Crippen LogP contribution in [-0.2, 0) is 6.42 Å². The fraction of sp³-hybridized carbons (Fsp3) is 0.538. The molecule has 2 nitrogen and oxygen atoms in total. The van der Waals surface area contributed by atoms with Crippen LogP contribution in [0.15, 0.2) is 18.2 Å². The lowest BCUT2D eigenvalue weighted by Crippen LogP contribution is -2.34. The summed E-state index contributed by atoms with van der Waals surface area (Å²) in [4.78, 5) is 2.40. The van der Waals surface area contributed by atoms with Gasteiger partial charge in [-0.15, -0.1) is 0 Å². The molecule has 1 saturated heterocycles. The molecule has 2 N–H and O–H groups in total. The Morgan fingerprint density at radius 2 is 2.12 bits per heavy atom. The highest BCUT2D eigenvalue weighted by Gasteiger charge is 2.17. The van der Waals surface area contributed by atoms with E-state index in [9.17, 15) is 0 Å². The summed E-state index contributed by atoms with van der Waals surface area (Å²) in [6.45, 7) is 4.21. The normalized spacial score (nSPS) is 18.2. The highest BCUT2D eigenvalue weighted by atomic mass is 35.5. The van der Waals surface area contributed by atoms with Crippen LogP contribution in [0, 0.1) is 0 Å². The van der Waals surface area contributed by atoms with E-state index in [-0.39, 0.29) is 6.04 Å². The minimum atomic E-state index is 0.173. The molecule has 1 aromatic carbocycles. The molecule has 0 aromatic heterocycles. The number of nitrogens with two attached hydrogens (primary N) is 1. The Labute approximate surface area is 113 Å². The molecule has 1 aromatic rings. The molecule has 1 heterocycles. The van der Waals surface area contributed by atoms with E-state index in [4.69, 9.17) is 17.3 Å². The first-order valence-electron chi connectivity index (χ1n) is 6.04. The van der Waals surface area contributed by atoms with E-state index in [2.05, 4.69) is 11.0 Å². The van der Waals surface area contributed by atoms with Gasteiger partial charge in [0, 0.05) is 30.6 Å². The summed E-state index contributed by atoms with van der Waals surface area (Å²) < 4.78 is 0. The molecular formula is C13H19ClN2S. The lowest BCUT2D eigenvalue weighted by atomic mass is 10.0. The lowest BCUT2D eigenvalue weighted by Gasteiger charge is -2.31. The smallest absolute Gasteiger partial charge is 0.0642 e. The van der Waals surface area contributed by atoms with Crippen LogP contribution in [0.5, 0.6) is 0 Å². The van der Waals surface area contributed by atoms with Gasteiger partial charge in [-0.3, -0.25) is 0 Å². The summed E-state index contributed by atoms with van der Waals surface area (Å²) >= 11 is 8.37. The highest BCUT2D eigenvalue weighted by molar-refractivity contribution is 7.99. The highest BCUT2D eigenvalue weighted by Crippen LogP contribution is 2.32. The minimum Gasteiger partial charge on any atom is -0.368 e. The van der Waals surface area contributed by atoms with Gasteiger partial charge in [0.25, 0.3) is 0 Å². The number of nitrogens with zero attached hydrogens (tertiary/aromatic N) is 1. The van der Waals surface area contributed by atoms with Gasteiger partial charge in [-0.05, 0) is 25.0 Å². The fourth-order valence-electron chi connectivity index (χ4n) is 2.21. The van der Waals surface area contributed by atoms with E-state index < -0.39 is 0 Å². The zero-order valence-electron chi connectivity index (χ0n) is 10.2. The van der Waals surface area contributed by atoms with E-state index in [1.807, 2.05) is 30.8 Å². The van der Waals surface area contributed by atoms with Gasteiger partial charge in [-0.1, -0.05) is 23.7 Å². The molecule has 1 atom stereocenters. The van der Waals surface area contributed by atoms with Crippen molar-refractivity contribution in [2.24, 2.45) is 5.73 Å². The Morgan fingerprint density at radius 3 is 2.76 bits per heavy atom. The monoisotopic (exact) mass is 270 g/mol. The number of thioether (sulfide) groups is 1. The molecule has 4 heteroatoms. The zero-order valence-corrected chi connectivity index (χ0v) is 11.7. The van der Waals surface area contributed by atoms with Crippen molar-refractivity contribution in [3.05, 3.63) is 28.8 Å². The maximum atomic E-state index is 6.36. The van der Waals surface area contributed by atoms with E-state index in [0.29, 0.717) is 0 Å². The molecular weight excluding hydrogens is 252 g/mol. The molecule has 0 saturated carbocycles. The quantitative estimate of drug-likeness (QED) is 0.916. The fourth-order valence-corrected chi connectivity index (χ4v) is 3.43. The minimum absolute atomic E-state index is 0.173. The maximum absolute atomic E-state index is 6.36. The van der Waals surface area contributed by atoms with Gasteiger partial charge in [-0.2, -0.15) is 11.8 Å². The molecule has 17 heavy (non-hydrogen) atoms. The largest absolute Gasteiger partial charge is 0.368 e. The zero-order chi connectivity index (χ0) is 12.3. The third kappa shape index (κ3) is 3.30. The Balaban J connectivity index is 2.28. The number of halogens is 1. The van der Waals surface area contributed by atoms with Crippen LogP contribution in [0.25, 0.3) is 0 Å². The van der Waals surface area contributed by atoms with E-state index in [1.54, 1.807) is 0 Å². The van der Waals surface area contributed by atoms with Crippen LogP contribution >= 0.6 is 23.4 Å². The van der Waals surface area contributed by atoms with Crippen molar-refractivity contribution < 1.29 is 0 Å². The summed E-state index contributed by atoms with van der Waals surface area (Å²) in [6.07, 6.45) is 0.888. The SMILES string of the molecule is CC(N)Cc1cccc(Cl)c1N1CCSCC1. The molecule has 0 spiro atoms. The van der Waals surface area contributed by atoms with Crippen molar-refractivity contribution in [1.82, 2.24) is 0 Å². The topological polar surface area (TPSA) is 29.3 Å². The first kappa shape index (κ1) is 13.1. The molecule has 1 unspecified atom stereocenters. The van der Waals surface area contributed by atoms with Crippen LogP contribution < -0.4 is 10.6 Å². The molecule has 2 rings (SSSR count). The summed E-state index contributed by atoms with van der Waals surface area (Å²) in [5, 5.41) is 0.857. The lowest BCUT2D eigenvalue weighted by molar-refractivity contribution is 0.731. The predicted octanol–water partition coefficient (Wildman–Crippen LogP) is 2.78. The Morgan fingerprint density at radius 1 is 1.41 bits per heavy atom. The van der Waals surface area contributed by atoms with Crippen molar-refractivity contribution in [3.8, 4) is 0 Å². The predicted molar refractivity (Wildman–Crippen MR) is 78.3 cm³/mol. The average Bonchev–Trinajstić information content (AvgIpc) is 2.29. The number of hydrogen-bond donors (Lipinski definition) is 1. The number of benzene rings is 1. The summed E-state index contributed by atoms with van der Waals surface area (Å²) in [5.41, 5.74) is 8.39. The average molecular weight is 271 g/mol. The molecule has 1 fully saturated rings. The first-order valence-corrected chi connectivity index (χ1v) is 7.57. The molecule has 0 aliphatic carbocycles. The number of anilines is 1. The van der Waals surface area contributed by atoms with Crippen molar-refractivity contribution in [1.29, 1.82) is 0 Å². The molecule has 94 valence electrons. The second kappa shape index (κ2) is 5.98. The van der Waals surface area contributed by atoms with Gasteiger partial charge in [0.1, 0.15) is 0 Å². The number of hydrogen-bond acceptors (Lipinski definition) is 3. The van der Waals surface area contributed by atoms with Gasteiger partial charge in [-0.25, -0.2) is 0 Å². The second-order valence-corrected chi connectivity index (χ2v) is 6.16. The van der Waals surface area contributed by atoms with Crippen LogP contribution in [-0.4, -0.2) is 30.6 Å². The third-order valence-corrected chi connectivity index (χ3v) is 4.19. The van der Waals surface area contributed by atoms with Crippen LogP contribution in [0.2, 0.25) is 5.02 Å². The van der Waals surface area contributed by atoms with E-state index >= 15 is 0 Å². The van der Waals surface area contributed by atoms with Crippen molar-refractivity contribution in [2.45, 2.75) is 19.4 Å². The molecule has 0 amide bonds. The standard InChI is InChI=1S/C13H19ClN2S/c1-10(15)9-11-3-2-4-12(14)13(11)16-5-7-17-8-6-16/h2-4,10H,5-9,15H2,1H3. The first-order chi connectivity index (χ1) is 8.18. The van der Waals surface area contributed by atoms with Crippen molar-refractivity contribution >= 4 is 29.1 Å². The van der Waals surface area contributed by atoms with Crippen LogP contribution in [0.4, 0.5) is 5.69 Å². The van der Waals surface area contributed by atoms with Crippen LogP contribution in [0.1, 0.15) is 12.5 Å². The van der Waals surface area contributed by atoms with Crippen molar-refractivity contribution in [3.63, 3.8) is 0 Å². The van der Waals surface area contributed by atoms with Crippen LogP contribution in [0.3, 0.4) is 0 Å². The molecule has 1 aliphatic rings. The Hall–Kier alpha value is -0.380. The molecule has 0 radical (unpaired) electrons. The van der Waals surface area contributed by atoms with Gasteiger partial charge in [0.05, 0.1) is 10.7 Å².